The minimum atomic E-state index is -0.0575. The van der Waals surface area contributed by atoms with Crippen LogP contribution < -0.4 is 0 Å². The molecule has 1 aromatic rings. The molecule has 1 aromatic carbocycles. The Morgan fingerprint density at radius 2 is 2.05 bits per heavy atom. The van der Waals surface area contributed by atoms with Crippen LogP contribution in [0.5, 0.6) is 0 Å². The van der Waals surface area contributed by atoms with E-state index in [4.69, 9.17) is 4.74 Å². The van der Waals surface area contributed by atoms with Crippen molar-refractivity contribution < 1.29 is 9.53 Å². The molecular weight excluding hydrogens is 306 g/mol. The van der Waals surface area contributed by atoms with Gasteiger partial charge in [-0.05, 0) is 38.4 Å². The van der Waals surface area contributed by atoms with E-state index in [0.29, 0.717) is 12.5 Å². The Morgan fingerprint density at radius 3 is 2.68 bits per heavy atom. The maximum Gasteiger partial charge on any atom is 0.310 e. The summed E-state index contributed by atoms with van der Waals surface area (Å²) in [5, 5.41) is 0. The third kappa shape index (κ3) is 4.05. The largest absolute Gasteiger partial charge is 0.466 e. The van der Waals surface area contributed by atoms with Crippen molar-refractivity contribution in [3.05, 3.63) is 35.9 Å². The van der Waals surface area contributed by atoms with E-state index in [2.05, 4.69) is 24.1 Å². The molecule has 0 aromatic heterocycles. The SMILES string of the molecule is Br.CCOC(=O)[C@H]1CN(C)CC[C@H]1c1ccccc1. The minimum absolute atomic E-state index is 0. The van der Waals surface area contributed by atoms with Gasteiger partial charge in [0.25, 0.3) is 0 Å². The van der Waals surface area contributed by atoms with Gasteiger partial charge in [0.05, 0.1) is 12.5 Å². The fourth-order valence-corrected chi connectivity index (χ4v) is 2.70. The van der Waals surface area contributed by atoms with Gasteiger partial charge in [0.15, 0.2) is 0 Å². The number of hydrogen-bond donors (Lipinski definition) is 0. The molecule has 1 saturated heterocycles. The summed E-state index contributed by atoms with van der Waals surface area (Å²) in [6, 6.07) is 10.3. The quantitative estimate of drug-likeness (QED) is 0.799. The van der Waals surface area contributed by atoms with E-state index in [0.717, 1.165) is 19.5 Å². The van der Waals surface area contributed by atoms with Crippen LogP contribution in [0.2, 0.25) is 0 Å². The van der Waals surface area contributed by atoms with Gasteiger partial charge in [0.2, 0.25) is 0 Å². The molecule has 0 radical (unpaired) electrons. The molecule has 2 atom stereocenters. The van der Waals surface area contributed by atoms with Crippen molar-refractivity contribution >= 4 is 23.0 Å². The zero-order chi connectivity index (χ0) is 13.0. The molecule has 1 aliphatic heterocycles. The molecule has 1 aliphatic rings. The lowest BCUT2D eigenvalue weighted by Crippen LogP contribution is -2.41. The second-order valence-corrected chi connectivity index (χ2v) is 4.93. The van der Waals surface area contributed by atoms with Gasteiger partial charge >= 0.3 is 5.97 Å². The Balaban J connectivity index is 0.00000180. The highest BCUT2D eigenvalue weighted by Gasteiger charge is 2.34. The fourth-order valence-electron chi connectivity index (χ4n) is 2.70. The maximum atomic E-state index is 12.1. The number of benzene rings is 1. The number of carbonyl (C=O) groups excluding carboxylic acids is 1. The molecule has 2 rings (SSSR count). The van der Waals surface area contributed by atoms with E-state index in [1.54, 1.807) is 0 Å². The van der Waals surface area contributed by atoms with Crippen LogP contribution >= 0.6 is 17.0 Å². The van der Waals surface area contributed by atoms with Crippen molar-refractivity contribution in [2.75, 3.05) is 26.7 Å². The Bertz CT molecular complexity index is 396. The zero-order valence-electron chi connectivity index (χ0n) is 11.5. The Kier molecular flexibility index (Phi) is 6.52. The number of hydrogen-bond acceptors (Lipinski definition) is 3. The first-order valence-corrected chi connectivity index (χ1v) is 6.62. The number of esters is 1. The number of likely N-dealkylation sites (tertiary alicyclic amines) is 1. The number of nitrogens with zero attached hydrogens (tertiary/aromatic N) is 1. The molecule has 0 spiro atoms. The molecule has 106 valence electrons. The standard InChI is InChI=1S/C15H21NO2.BrH/c1-3-18-15(17)14-11-16(2)10-9-13(14)12-7-5-4-6-8-12;/h4-8,13-14H,3,9-11H2,1-2H3;1H/t13-,14-;/m0./s1. The first-order valence-electron chi connectivity index (χ1n) is 6.62. The van der Waals surface area contributed by atoms with Crippen molar-refractivity contribution in [2.45, 2.75) is 19.3 Å². The molecule has 0 aliphatic carbocycles. The van der Waals surface area contributed by atoms with Crippen molar-refractivity contribution in [3.8, 4) is 0 Å². The molecule has 4 heteroatoms. The number of halogens is 1. The fraction of sp³-hybridized carbons (Fsp3) is 0.533. The highest BCUT2D eigenvalue weighted by molar-refractivity contribution is 8.93. The minimum Gasteiger partial charge on any atom is -0.466 e. The van der Waals surface area contributed by atoms with Crippen molar-refractivity contribution in [1.29, 1.82) is 0 Å². The van der Waals surface area contributed by atoms with Gasteiger partial charge in [-0.2, -0.15) is 0 Å². The lowest BCUT2D eigenvalue weighted by molar-refractivity contribution is -0.150. The van der Waals surface area contributed by atoms with Gasteiger partial charge in [0.1, 0.15) is 0 Å². The van der Waals surface area contributed by atoms with Crippen LogP contribution in [-0.4, -0.2) is 37.6 Å². The highest BCUT2D eigenvalue weighted by Crippen LogP contribution is 2.33. The summed E-state index contributed by atoms with van der Waals surface area (Å²) >= 11 is 0. The molecule has 3 nitrogen and oxygen atoms in total. The Hall–Kier alpha value is -0.870. The summed E-state index contributed by atoms with van der Waals surface area (Å²) in [5.74, 6) is 0.199. The lowest BCUT2D eigenvalue weighted by atomic mass is 9.80. The lowest BCUT2D eigenvalue weighted by Gasteiger charge is -2.35. The first kappa shape index (κ1) is 16.2. The van der Waals surface area contributed by atoms with Crippen molar-refractivity contribution in [2.24, 2.45) is 5.92 Å². The van der Waals surface area contributed by atoms with E-state index >= 15 is 0 Å². The van der Waals surface area contributed by atoms with Gasteiger partial charge in [-0.1, -0.05) is 30.3 Å². The molecule has 1 fully saturated rings. The average Bonchev–Trinajstić information content (AvgIpc) is 2.40. The molecule has 1 heterocycles. The molecular formula is C15H22BrNO2. The molecule has 0 saturated carbocycles. The molecule has 19 heavy (non-hydrogen) atoms. The van der Waals surface area contributed by atoms with Gasteiger partial charge in [-0.15, -0.1) is 17.0 Å². The van der Waals surface area contributed by atoms with Crippen LogP contribution in [-0.2, 0) is 9.53 Å². The normalized spacial score (nSPS) is 23.5. The summed E-state index contributed by atoms with van der Waals surface area (Å²) in [6.07, 6.45) is 1.02. The highest BCUT2D eigenvalue weighted by atomic mass is 79.9. The number of carbonyl (C=O) groups is 1. The Morgan fingerprint density at radius 1 is 1.37 bits per heavy atom. The summed E-state index contributed by atoms with van der Waals surface area (Å²) < 4.78 is 5.22. The predicted molar refractivity (Wildman–Crippen MR) is 81.7 cm³/mol. The zero-order valence-corrected chi connectivity index (χ0v) is 13.3. The molecule has 0 N–H and O–H groups in total. The summed E-state index contributed by atoms with van der Waals surface area (Å²) in [7, 11) is 2.06. The van der Waals surface area contributed by atoms with Crippen LogP contribution in [0.1, 0.15) is 24.8 Å². The van der Waals surface area contributed by atoms with Gasteiger partial charge < -0.3 is 9.64 Å². The van der Waals surface area contributed by atoms with E-state index < -0.39 is 0 Å². The Labute approximate surface area is 125 Å². The van der Waals surface area contributed by atoms with E-state index in [-0.39, 0.29) is 28.9 Å². The van der Waals surface area contributed by atoms with Crippen LogP contribution in [0.25, 0.3) is 0 Å². The number of ether oxygens (including phenoxy) is 1. The van der Waals surface area contributed by atoms with Crippen molar-refractivity contribution in [1.82, 2.24) is 4.90 Å². The van der Waals surface area contributed by atoms with Gasteiger partial charge in [-0.25, -0.2) is 0 Å². The summed E-state index contributed by atoms with van der Waals surface area (Å²) in [6.45, 7) is 4.15. The smallest absolute Gasteiger partial charge is 0.310 e. The van der Waals surface area contributed by atoms with E-state index in [1.807, 2.05) is 25.1 Å². The summed E-state index contributed by atoms with van der Waals surface area (Å²) in [5.41, 5.74) is 1.25. The first-order chi connectivity index (χ1) is 8.72. The molecule has 0 bridgehead atoms. The van der Waals surface area contributed by atoms with Crippen LogP contribution in [0, 0.1) is 5.92 Å². The van der Waals surface area contributed by atoms with Gasteiger partial charge in [-0.3, -0.25) is 4.79 Å². The van der Waals surface area contributed by atoms with Crippen LogP contribution in [0.4, 0.5) is 0 Å². The van der Waals surface area contributed by atoms with E-state index in [1.165, 1.54) is 5.56 Å². The van der Waals surface area contributed by atoms with Crippen LogP contribution in [0.3, 0.4) is 0 Å². The number of rotatable bonds is 3. The molecule has 0 amide bonds. The van der Waals surface area contributed by atoms with E-state index in [9.17, 15) is 4.79 Å². The third-order valence-electron chi connectivity index (χ3n) is 3.63. The number of piperidine rings is 1. The van der Waals surface area contributed by atoms with Crippen LogP contribution in [0.15, 0.2) is 30.3 Å². The second kappa shape index (κ2) is 7.65. The maximum absolute atomic E-state index is 12.1. The predicted octanol–water partition coefficient (Wildman–Crippen LogP) is 2.86. The monoisotopic (exact) mass is 327 g/mol. The molecule has 0 unspecified atom stereocenters. The third-order valence-corrected chi connectivity index (χ3v) is 3.63. The van der Waals surface area contributed by atoms with Gasteiger partial charge in [0, 0.05) is 6.54 Å². The summed E-state index contributed by atoms with van der Waals surface area (Å²) in [4.78, 5) is 14.3. The van der Waals surface area contributed by atoms with Crippen molar-refractivity contribution in [3.63, 3.8) is 0 Å². The second-order valence-electron chi connectivity index (χ2n) is 4.93. The average molecular weight is 328 g/mol. The topological polar surface area (TPSA) is 29.5 Å².